The lowest BCUT2D eigenvalue weighted by molar-refractivity contribution is 0.622. The van der Waals surface area contributed by atoms with Gasteiger partial charge in [0.1, 0.15) is 11.9 Å². The van der Waals surface area contributed by atoms with Gasteiger partial charge in [0.25, 0.3) is 0 Å². The minimum absolute atomic E-state index is 0.130. The first-order valence-corrected chi connectivity index (χ1v) is 9.64. The molecule has 0 saturated carbocycles. The summed E-state index contributed by atoms with van der Waals surface area (Å²) in [6.07, 6.45) is 0.556. The van der Waals surface area contributed by atoms with Crippen molar-refractivity contribution >= 4 is 26.9 Å². The van der Waals surface area contributed by atoms with Crippen molar-refractivity contribution in [1.29, 1.82) is 5.26 Å². The van der Waals surface area contributed by atoms with Gasteiger partial charge in [0.2, 0.25) is 0 Å². The van der Waals surface area contributed by atoms with E-state index < -0.39 is 16.8 Å². The lowest BCUT2D eigenvalue weighted by Crippen LogP contribution is -2.30. The van der Waals surface area contributed by atoms with Crippen molar-refractivity contribution < 1.29 is 8.60 Å². The van der Waals surface area contributed by atoms with Crippen LogP contribution in [-0.4, -0.2) is 16.0 Å². The molecule has 0 aliphatic carbocycles. The fourth-order valence-corrected chi connectivity index (χ4v) is 3.07. The Hall–Kier alpha value is -1.55. The molecule has 0 amide bonds. The SMILES string of the molecule is CNS(=O)C(C)(C)C.N#Cc1c(F)cccc1Cc1cccc(Br)c1. The van der Waals surface area contributed by atoms with Crippen LogP contribution < -0.4 is 4.72 Å². The van der Waals surface area contributed by atoms with Crippen LogP contribution in [-0.2, 0) is 17.4 Å². The van der Waals surface area contributed by atoms with Crippen LogP contribution in [0.15, 0.2) is 46.9 Å². The van der Waals surface area contributed by atoms with Gasteiger partial charge in [-0.3, -0.25) is 0 Å². The average molecular weight is 425 g/mol. The molecule has 3 nitrogen and oxygen atoms in total. The molecule has 0 saturated heterocycles. The summed E-state index contributed by atoms with van der Waals surface area (Å²) in [6.45, 7) is 5.79. The molecule has 2 aromatic carbocycles. The summed E-state index contributed by atoms with van der Waals surface area (Å²) in [5.41, 5.74) is 1.89. The largest absolute Gasteiger partial charge is 0.242 e. The van der Waals surface area contributed by atoms with E-state index in [9.17, 15) is 8.60 Å². The highest BCUT2D eigenvalue weighted by Crippen LogP contribution is 2.19. The molecular weight excluding hydrogens is 403 g/mol. The van der Waals surface area contributed by atoms with Gasteiger partial charge in [0.15, 0.2) is 0 Å². The Labute approximate surface area is 160 Å². The lowest BCUT2D eigenvalue weighted by atomic mass is 10.0. The van der Waals surface area contributed by atoms with Crippen molar-refractivity contribution in [2.75, 3.05) is 7.05 Å². The Balaban J connectivity index is 0.000000333. The van der Waals surface area contributed by atoms with Gasteiger partial charge >= 0.3 is 0 Å². The van der Waals surface area contributed by atoms with E-state index in [0.717, 1.165) is 10.0 Å². The third-order valence-electron chi connectivity index (χ3n) is 3.24. The first kappa shape index (κ1) is 21.5. The summed E-state index contributed by atoms with van der Waals surface area (Å²) >= 11 is 3.39. The molecule has 1 atom stereocenters. The molecular formula is C19H22BrFN2OS. The molecule has 0 spiro atoms. The second-order valence-electron chi connectivity index (χ2n) is 6.28. The van der Waals surface area contributed by atoms with Crippen molar-refractivity contribution in [3.05, 3.63) is 69.4 Å². The second-order valence-corrected chi connectivity index (χ2v) is 9.36. The second kappa shape index (κ2) is 9.81. The van der Waals surface area contributed by atoms with Crippen LogP contribution in [0.5, 0.6) is 0 Å². The highest BCUT2D eigenvalue weighted by molar-refractivity contribution is 9.10. The van der Waals surface area contributed by atoms with Crippen molar-refractivity contribution in [3.63, 3.8) is 0 Å². The minimum Gasteiger partial charge on any atom is -0.242 e. The average Bonchev–Trinajstić information content (AvgIpc) is 2.54. The highest BCUT2D eigenvalue weighted by atomic mass is 79.9. The molecule has 2 aromatic rings. The summed E-state index contributed by atoms with van der Waals surface area (Å²) in [4.78, 5) is 0. The maximum Gasteiger partial charge on any atom is 0.141 e. The monoisotopic (exact) mass is 424 g/mol. The molecule has 2 rings (SSSR count). The Kier molecular flexibility index (Phi) is 8.43. The van der Waals surface area contributed by atoms with Crippen LogP contribution >= 0.6 is 15.9 Å². The zero-order valence-corrected chi connectivity index (χ0v) is 17.2. The molecule has 0 bridgehead atoms. The van der Waals surface area contributed by atoms with E-state index in [1.807, 2.05) is 51.1 Å². The molecule has 0 aliphatic rings. The summed E-state index contributed by atoms with van der Waals surface area (Å²) in [6, 6.07) is 14.4. The van der Waals surface area contributed by atoms with E-state index in [4.69, 9.17) is 5.26 Å². The number of benzene rings is 2. The molecule has 6 heteroatoms. The molecule has 1 unspecified atom stereocenters. The molecule has 0 heterocycles. The van der Waals surface area contributed by atoms with Crippen LogP contribution in [0.4, 0.5) is 4.39 Å². The molecule has 0 aromatic heterocycles. The number of halogens is 2. The Bertz CT molecular complexity index is 782. The summed E-state index contributed by atoms with van der Waals surface area (Å²) in [5.74, 6) is -0.458. The fraction of sp³-hybridized carbons (Fsp3) is 0.316. The lowest BCUT2D eigenvalue weighted by Gasteiger charge is -2.15. The van der Waals surface area contributed by atoms with Gasteiger partial charge in [0, 0.05) is 4.47 Å². The van der Waals surface area contributed by atoms with Crippen molar-refractivity contribution in [1.82, 2.24) is 4.72 Å². The third kappa shape index (κ3) is 7.07. The van der Waals surface area contributed by atoms with Crippen molar-refractivity contribution in [3.8, 4) is 6.07 Å². The van der Waals surface area contributed by atoms with Crippen LogP contribution in [0.3, 0.4) is 0 Å². The van der Waals surface area contributed by atoms with E-state index in [1.165, 1.54) is 6.07 Å². The molecule has 134 valence electrons. The predicted molar refractivity (Wildman–Crippen MR) is 105 cm³/mol. The van der Waals surface area contributed by atoms with Gasteiger partial charge in [-0.05, 0) is 63.6 Å². The van der Waals surface area contributed by atoms with E-state index in [-0.39, 0.29) is 10.3 Å². The fourth-order valence-electron chi connectivity index (χ4n) is 2.01. The highest BCUT2D eigenvalue weighted by Gasteiger charge is 2.16. The summed E-state index contributed by atoms with van der Waals surface area (Å²) in [7, 11) is 0.802. The number of nitriles is 1. The van der Waals surface area contributed by atoms with Gasteiger partial charge in [-0.15, -0.1) is 0 Å². The van der Waals surface area contributed by atoms with Gasteiger partial charge in [-0.2, -0.15) is 5.26 Å². The topological polar surface area (TPSA) is 52.9 Å². The van der Waals surface area contributed by atoms with Crippen molar-refractivity contribution in [2.45, 2.75) is 31.9 Å². The standard InChI is InChI=1S/C14H9BrFN.C5H13NOS/c15-12-5-1-3-10(8-12)7-11-4-2-6-14(16)13(11)9-17;1-5(2,3)8(7)6-4/h1-6,8H,7H2;6H,1-4H3. The Morgan fingerprint density at radius 2 is 1.88 bits per heavy atom. The summed E-state index contributed by atoms with van der Waals surface area (Å²) in [5, 5.41) is 8.93. The van der Waals surface area contributed by atoms with Gasteiger partial charge in [-0.1, -0.05) is 40.2 Å². The normalized spacial score (nSPS) is 11.9. The van der Waals surface area contributed by atoms with Gasteiger partial charge in [-0.25, -0.2) is 13.3 Å². The maximum absolute atomic E-state index is 13.4. The minimum atomic E-state index is -0.894. The summed E-state index contributed by atoms with van der Waals surface area (Å²) < 4.78 is 27.8. The molecule has 25 heavy (non-hydrogen) atoms. The quantitative estimate of drug-likeness (QED) is 0.774. The number of rotatable bonds is 3. The van der Waals surface area contributed by atoms with Crippen LogP contribution in [0, 0.1) is 17.1 Å². The number of hydrogen-bond acceptors (Lipinski definition) is 2. The van der Waals surface area contributed by atoms with E-state index in [0.29, 0.717) is 12.0 Å². The van der Waals surface area contributed by atoms with Crippen LogP contribution in [0.25, 0.3) is 0 Å². The number of nitrogens with zero attached hydrogens (tertiary/aromatic N) is 1. The third-order valence-corrected chi connectivity index (χ3v) is 5.21. The zero-order valence-electron chi connectivity index (χ0n) is 14.8. The molecule has 1 N–H and O–H groups in total. The van der Waals surface area contributed by atoms with Crippen molar-refractivity contribution in [2.24, 2.45) is 0 Å². The predicted octanol–water partition coefficient (Wildman–Crippen LogP) is 4.72. The maximum atomic E-state index is 13.4. The smallest absolute Gasteiger partial charge is 0.141 e. The van der Waals surface area contributed by atoms with Gasteiger partial charge in [0.05, 0.1) is 21.3 Å². The van der Waals surface area contributed by atoms with Crippen LogP contribution in [0.2, 0.25) is 0 Å². The first-order chi connectivity index (χ1) is 11.7. The van der Waals surface area contributed by atoms with E-state index >= 15 is 0 Å². The first-order valence-electron chi connectivity index (χ1n) is 7.70. The molecule has 0 fully saturated rings. The molecule has 0 aliphatic heterocycles. The van der Waals surface area contributed by atoms with Crippen LogP contribution in [0.1, 0.15) is 37.5 Å². The number of nitrogens with one attached hydrogen (secondary N) is 1. The van der Waals surface area contributed by atoms with E-state index in [1.54, 1.807) is 19.2 Å². The number of hydrogen-bond donors (Lipinski definition) is 1. The van der Waals surface area contributed by atoms with Gasteiger partial charge < -0.3 is 0 Å². The Morgan fingerprint density at radius 1 is 1.24 bits per heavy atom. The van der Waals surface area contributed by atoms with E-state index in [2.05, 4.69) is 20.7 Å². The Morgan fingerprint density at radius 3 is 2.36 bits per heavy atom. The molecule has 0 radical (unpaired) electrons. The zero-order chi connectivity index (χ0) is 19.0.